The van der Waals surface area contributed by atoms with Crippen LogP contribution in [0.5, 0.6) is 0 Å². The van der Waals surface area contributed by atoms with Gasteiger partial charge in [-0.3, -0.25) is 0 Å². The lowest BCUT2D eigenvalue weighted by Crippen LogP contribution is -2.26. The standard InChI is InChI=1S/C14H14N3O3/c1-9-8-20-13(17-15)12(11(9)14(18)19-2)16-10-6-4-3-5-7-10/h3-8,13,16H,1-2H3. The van der Waals surface area contributed by atoms with Gasteiger partial charge in [-0.2, -0.15) is 0 Å². The number of esters is 1. The Morgan fingerprint density at radius 3 is 2.70 bits per heavy atom. The first-order chi connectivity index (χ1) is 9.67. The van der Waals surface area contributed by atoms with Crippen LogP contribution in [0.15, 0.2) is 58.6 Å². The minimum Gasteiger partial charge on any atom is -0.468 e. The average Bonchev–Trinajstić information content (AvgIpc) is 2.48. The Balaban J connectivity index is 2.45. The Kier molecular flexibility index (Phi) is 4.14. The van der Waals surface area contributed by atoms with E-state index >= 15 is 0 Å². The van der Waals surface area contributed by atoms with Crippen molar-refractivity contribution >= 4 is 11.7 Å². The SMILES string of the molecule is COC(=O)C1=C(Nc2ccccc2)C(N=[N])OC=C1C. The highest BCUT2D eigenvalue weighted by molar-refractivity contribution is 5.95. The van der Waals surface area contributed by atoms with Crippen molar-refractivity contribution in [1.82, 2.24) is 5.53 Å². The fourth-order valence-electron chi connectivity index (χ4n) is 1.89. The van der Waals surface area contributed by atoms with Crippen molar-refractivity contribution in [3.05, 3.63) is 53.4 Å². The third kappa shape index (κ3) is 2.69. The summed E-state index contributed by atoms with van der Waals surface area (Å²) in [6, 6.07) is 9.21. The monoisotopic (exact) mass is 272 g/mol. The number of hydrogen-bond acceptors (Lipinski definition) is 5. The van der Waals surface area contributed by atoms with Gasteiger partial charge >= 0.3 is 5.97 Å². The summed E-state index contributed by atoms with van der Waals surface area (Å²) in [6.07, 6.45) is 0.375. The summed E-state index contributed by atoms with van der Waals surface area (Å²) in [6.45, 7) is 1.71. The highest BCUT2D eigenvalue weighted by Gasteiger charge is 2.29. The highest BCUT2D eigenvalue weighted by atomic mass is 16.5. The number of methoxy groups -OCH3 is 1. The molecule has 1 aliphatic heterocycles. The van der Waals surface area contributed by atoms with E-state index in [-0.39, 0.29) is 0 Å². The number of ether oxygens (including phenoxy) is 2. The van der Waals surface area contributed by atoms with E-state index in [1.165, 1.54) is 13.4 Å². The van der Waals surface area contributed by atoms with E-state index in [4.69, 9.17) is 15.0 Å². The van der Waals surface area contributed by atoms with Gasteiger partial charge < -0.3 is 14.8 Å². The maximum atomic E-state index is 11.9. The number of nitrogens with zero attached hydrogens (tertiary/aromatic N) is 2. The summed E-state index contributed by atoms with van der Waals surface area (Å²) >= 11 is 0. The van der Waals surface area contributed by atoms with Crippen molar-refractivity contribution in [3.63, 3.8) is 0 Å². The predicted molar refractivity (Wildman–Crippen MR) is 72.3 cm³/mol. The van der Waals surface area contributed by atoms with Crippen molar-refractivity contribution < 1.29 is 14.3 Å². The van der Waals surface area contributed by atoms with Crippen LogP contribution < -0.4 is 10.8 Å². The Morgan fingerprint density at radius 2 is 2.10 bits per heavy atom. The van der Waals surface area contributed by atoms with Crippen molar-refractivity contribution in [2.75, 3.05) is 12.4 Å². The van der Waals surface area contributed by atoms with Crippen LogP contribution in [0.2, 0.25) is 0 Å². The van der Waals surface area contributed by atoms with Gasteiger partial charge in [0.25, 0.3) is 6.23 Å². The molecule has 0 aromatic heterocycles. The minimum atomic E-state index is -0.993. The predicted octanol–water partition coefficient (Wildman–Crippen LogP) is 2.04. The minimum absolute atomic E-state index is 0.297. The van der Waals surface area contributed by atoms with Crippen molar-refractivity contribution in [3.8, 4) is 0 Å². The Bertz CT molecular complexity index is 579. The van der Waals surface area contributed by atoms with E-state index in [1.807, 2.05) is 30.3 Å². The van der Waals surface area contributed by atoms with Crippen LogP contribution in [0.25, 0.3) is 0 Å². The van der Waals surface area contributed by atoms with Gasteiger partial charge in [-0.15, -0.1) is 5.11 Å². The van der Waals surface area contributed by atoms with Gasteiger partial charge in [-0.1, -0.05) is 18.2 Å². The first-order valence-corrected chi connectivity index (χ1v) is 5.98. The van der Waals surface area contributed by atoms with E-state index in [0.717, 1.165) is 5.69 Å². The number of anilines is 1. The van der Waals surface area contributed by atoms with Gasteiger partial charge in [-0.25, -0.2) is 4.79 Å². The smallest absolute Gasteiger partial charge is 0.340 e. The Hall–Kier alpha value is -2.63. The molecular weight excluding hydrogens is 258 g/mol. The number of rotatable bonds is 4. The maximum Gasteiger partial charge on any atom is 0.340 e. The van der Waals surface area contributed by atoms with Gasteiger partial charge in [-0.05, 0) is 24.6 Å². The Labute approximate surface area is 116 Å². The molecule has 1 aromatic carbocycles. The third-order valence-electron chi connectivity index (χ3n) is 2.83. The summed E-state index contributed by atoms with van der Waals surface area (Å²) in [4.78, 5) is 11.9. The molecule has 0 fully saturated rings. The average molecular weight is 272 g/mol. The molecule has 0 spiro atoms. The highest BCUT2D eigenvalue weighted by Crippen LogP contribution is 2.27. The van der Waals surface area contributed by atoms with Crippen molar-refractivity contribution in [2.24, 2.45) is 5.11 Å². The van der Waals surface area contributed by atoms with Crippen LogP contribution >= 0.6 is 0 Å². The van der Waals surface area contributed by atoms with E-state index in [0.29, 0.717) is 16.8 Å². The van der Waals surface area contributed by atoms with Gasteiger partial charge in [0.1, 0.15) is 0 Å². The van der Waals surface area contributed by atoms with Crippen molar-refractivity contribution in [1.29, 1.82) is 0 Å². The first kappa shape index (κ1) is 13.8. The largest absolute Gasteiger partial charge is 0.468 e. The fourth-order valence-corrected chi connectivity index (χ4v) is 1.89. The molecule has 0 saturated carbocycles. The molecule has 1 N–H and O–H groups in total. The van der Waals surface area contributed by atoms with Crippen LogP contribution in [-0.2, 0) is 14.3 Å². The molecule has 6 heteroatoms. The summed E-state index contributed by atoms with van der Waals surface area (Å²) in [5, 5.41) is 6.17. The van der Waals surface area contributed by atoms with Gasteiger partial charge in [0.05, 0.1) is 24.6 Å². The second kappa shape index (κ2) is 6.01. The molecule has 6 nitrogen and oxygen atoms in total. The zero-order valence-corrected chi connectivity index (χ0v) is 11.2. The molecule has 20 heavy (non-hydrogen) atoms. The van der Waals surface area contributed by atoms with E-state index in [2.05, 4.69) is 10.4 Å². The maximum absolute atomic E-state index is 11.9. The number of carbonyl (C=O) groups excluding carboxylic acids is 1. The summed E-state index contributed by atoms with van der Waals surface area (Å²) in [5.41, 5.74) is 11.0. The summed E-state index contributed by atoms with van der Waals surface area (Å²) < 4.78 is 10.0. The number of nitrogens with one attached hydrogen (secondary N) is 1. The van der Waals surface area contributed by atoms with E-state index in [1.54, 1.807) is 6.92 Å². The summed E-state index contributed by atoms with van der Waals surface area (Å²) in [7, 11) is 1.29. The molecule has 1 aromatic rings. The van der Waals surface area contributed by atoms with Crippen LogP contribution in [0.3, 0.4) is 0 Å². The molecule has 1 radical (unpaired) electrons. The molecule has 1 heterocycles. The molecular formula is C14H14N3O3. The molecule has 1 unspecified atom stereocenters. The number of hydrogen-bond donors (Lipinski definition) is 1. The molecule has 0 aliphatic carbocycles. The Morgan fingerprint density at radius 1 is 1.40 bits per heavy atom. The van der Waals surface area contributed by atoms with Gasteiger partial charge in [0, 0.05) is 11.3 Å². The molecule has 0 amide bonds. The number of carbonyl (C=O) groups is 1. The first-order valence-electron chi connectivity index (χ1n) is 5.98. The van der Waals surface area contributed by atoms with E-state index in [9.17, 15) is 4.79 Å². The quantitative estimate of drug-likeness (QED) is 0.671. The molecule has 2 rings (SSSR count). The molecule has 0 bridgehead atoms. The second-order valence-corrected chi connectivity index (χ2v) is 4.18. The molecule has 0 saturated heterocycles. The zero-order chi connectivity index (χ0) is 14.5. The van der Waals surface area contributed by atoms with Gasteiger partial charge in [0.2, 0.25) is 0 Å². The van der Waals surface area contributed by atoms with Crippen LogP contribution in [0.1, 0.15) is 6.92 Å². The number of para-hydroxylation sites is 1. The summed E-state index contributed by atoms with van der Waals surface area (Å²) in [5.74, 6) is -0.519. The lowest BCUT2D eigenvalue weighted by molar-refractivity contribution is -0.136. The lowest BCUT2D eigenvalue weighted by atomic mass is 10.0. The molecule has 103 valence electrons. The van der Waals surface area contributed by atoms with Crippen molar-refractivity contribution in [2.45, 2.75) is 13.2 Å². The molecule has 1 atom stereocenters. The third-order valence-corrected chi connectivity index (χ3v) is 2.83. The van der Waals surface area contributed by atoms with E-state index < -0.39 is 12.2 Å². The van der Waals surface area contributed by atoms with Crippen LogP contribution in [0.4, 0.5) is 5.69 Å². The second-order valence-electron chi connectivity index (χ2n) is 4.18. The fraction of sp³-hybridized carbons (Fsp3) is 0.214. The number of benzene rings is 1. The topological polar surface area (TPSA) is 82.2 Å². The van der Waals surface area contributed by atoms with Crippen LogP contribution in [0, 0.1) is 0 Å². The lowest BCUT2D eigenvalue weighted by Gasteiger charge is -2.24. The molecule has 1 aliphatic rings. The zero-order valence-electron chi connectivity index (χ0n) is 11.2. The van der Waals surface area contributed by atoms with Crippen LogP contribution in [-0.4, -0.2) is 19.3 Å². The normalized spacial score (nSPS) is 17.9. The van der Waals surface area contributed by atoms with Gasteiger partial charge in [0.15, 0.2) is 0 Å².